The number of carbonyl (C=O) groups excluding carboxylic acids is 1. The van der Waals surface area contributed by atoms with Gasteiger partial charge in [-0.1, -0.05) is 13.8 Å². The number of hydrogen-bond donors (Lipinski definition) is 3. The van der Waals surface area contributed by atoms with Crippen LogP contribution in [0.4, 0.5) is 0 Å². The van der Waals surface area contributed by atoms with Crippen LogP contribution in [0.25, 0.3) is 0 Å². The number of rotatable bonds is 6. The fourth-order valence-electron chi connectivity index (χ4n) is 1.96. The van der Waals surface area contributed by atoms with Crippen LogP contribution in [0.5, 0.6) is 5.75 Å². The largest absolute Gasteiger partial charge is 0.508 e. The Hall–Kier alpha value is -1.55. The molecule has 0 saturated heterocycles. The van der Waals surface area contributed by atoms with Crippen molar-refractivity contribution in [3.8, 4) is 5.75 Å². The van der Waals surface area contributed by atoms with Gasteiger partial charge in [0.15, 0.2) is 0 Å². The van der Waals surface area contributed by atoms with Crippen molar-refractivity contribution in [1.29, 1.82) is 0 Å². The lowest BCUT2D eigenvalue weighted by Crippen LogP contribution is -2.34. The molecular weight excluding hydrogens is 242 g/mol. The number of nitrogens with one attached hydrogen (secondary N) is 1. The summed E-state index contributed by atoms with van der Waals surface area (Å²) in [5.41, 5.74) is 1.30. The summed E-state index contributed by atoms with van der Waals surface area (Å²) in [7, 11) is 0. The maximum Gasteiger partial charge on any atom is 0.251 e. The zero-order chi connectivity index (χ0) is 14.5. The molecule has 0 saturated carbocycles. The third kappa shape index (κ3) is 4.91. The SMILES string of the molecule is Cc1cc(O)ccc1C(=O)NCC(C)(C)CCCO. The molecule has 19 heavy (non-hydrogen) atoms. The quantitative estimate of drug-likeness (QED) is 0.738. The molecule has 0 bridgehead atoms. The number of phenolic OH excluding ortho intramolecular Hbond substituents is 1. The Labute approximate surface area is 114 Å². The molecule has 1 aromatic carbocycles. The van der Waals surface area contributed by atoms with Gasteiger partial charge >= 0.3 is 0 Å². The van der Waals surface area contributed by atoms with Crippen LogP contribution < -0.4 is 5.32 Å². The third-order valence-corrected chi connectivity index (χ3v) is 3.19. The molecule has 0 aliphatic rings. The molecule has 0 radical (unpaired) electrons. The molecule has 1 amide bonds. The molecule has 0 fully saturated rings. The minimum atomic E-state index is -0.130. The van der Waals surface area contributed by atoms with Gasteiger partial charge in [-0.2, -0.15) is 0 Å². The highest BCUT2D eigenvalue weighted by atomic mass is 16.3. The zero-order valence-electron chi connectivity index (χ0n) is 11.9. The Morgan fingerprint density at radius 1 is 1.37 bits per heavy atom. The first-order chi connectivity index (χ1) is 8.85. The summed E-state index contributed by atoms with van der Waals surface area (Å²) in [5, 5.41) is 21.1. The predicted octanol–water partition coefficient (Wildman–Crippen LogP) is 2.23. The average Bonchev–Trinajstić information content (AvgIpc) is 2.34. The van der Waals surface area contributed by atoms with E-state index in [-0.39, 0.29) is 23.7 Å². The highest BCUT2D eigenvalue weighted by molar-refractivity contribution is 5.95. The van der Waals surface area contributed by atoms with Gasteiger partial charge in [0.05, 0.1) is 0 Å². The second kappa shape index (κ2) is 6.57. The number of carbonyl (C=O) groups is 1. The second-order valence-electron chi connectivity index (χ2n) is 5.67. The maximum atomic E-state index is 12.1. The van der Waals surface area contributed by atoms with E-state index in [0.717, 1.165) is 18.4 Å². The van der Waals surface area contributed by atoms with Gasteiger partial charge in [-0.05, 0) is 48.9 Å². The molecule has 1 rings (SSSR count). The molecule has 0 aliphatic heterocycles. The van der Waals surface area contributed by atoms with Crippen LogP contribution in [0.1, 0.15) is 42.6 Å². The van der Waals surface area contributed by atoms with Crippen LogP contribution in [0, 0.1) is 12.3 Å². The van der Waals surface area contributed by atoms with E-state index in [0.29, 0.717) is 12.1 Å². The van der Waals surface area contributed by atoms with Gasteiger partial charge in [-0.3, -0.25) is 4.79 Å². The van der Waals surface area contributed by atoms with Crippen LogP contribution in [-0.4, -0.2) is 29.3 Å². The molecule has 3 N–H and O–H groups in total. The van der Waals surface area contributed by atoms with Gasteiger partial charge in [0.1, 0.15) is 5.75 Å². The molecule has 0 spiro atoms. The van der Waals surface area contributed by atoms with E-state index in [4.69, 9.17) is 5.11 Å². The van der Waals surface area contributed by atoms with Crippen LogP contribution in [0.3, 0.4) is 0 Å². The van der Waals surface area contributed by atoms with Crippen molar-refractivity contribution in [3.63, 3.8) is 0 Å². The number of phenols is 1. The molecule has 0 aromatic heterocycles. The van der Waals surface area contributed by atoms with E-state index in [1.165, 1.54) is 6.07 Å². The Kier molecular flexibility index (Phi) is 5.36. The van der Waals surface area contributed by atoms with Crippen LogP contribution in [0.15, 0.2) is 18.2 Å². The molecule has 0 unspecified atom stereocenters. The highest BCUT2D eigenvalue weighted by Gasteiger charge is 2.19. The molecule has 4 nitrogen and oxygen atoms in total. The normalized spacial score (nSPS) is 11.4. The summed E-state index contributed by atoms with van der Waals surface area (Å²) in [6, 6.07) is 4.71. The van der Waals surface area contributed by atoms with Gasteiger partial charge in [-0.15, -0.1) is 0 Å². The highest BCUT2D eigenvalue weighted by Crippen LogP contribution is 2.21. The fourth-order valence-corrected chi connectivity index (χ4v) is 1.96. The summed E-state index contributed by atoms with van der Waals surface area (Å²) < 4.78 is 0. The van der Waals surface area contributed by atoms with E-state index in [2.05, 4.69) is 19.2 Å². The zero-order valence-corrected chi connectivity index (χ0v) is 11.9. The van der Waals surface area contributed by atoms with Crippen LogP contribution >= 0.6 is 0 Å². The average molecular weight is 265 g/mol. The van der Waals surface area contributed by atoms with Crippen molar-refractivity contribution in [1.82, 2.24) is 5.32 Å². The topological polar surface area (TPSA) is 69.6 Å². The van der Waals surface area contributed by atoms with Crippen molar-refractivity contribution in [2.24, 2.45) is 5.41 Å². The fraction of sp³-hybridized carbons (Fsp3) is 0.533. The third-order valence-electron chi connectivity index (χ3n) is 3.19. The number of aromatic hydroxyl groups is 1. The van der Waals surface area contributed by atoms with Crippen molar-refractivity contribution in [2.75, 3.05) is 13.2 Å². The molecule has 0 heterocycles. The van der Waals surface area contributed by atoms with E-state index < -0.39 is 0 Å². The van der Waals surface area contributed by atoms with E-state index in [9.17, 15) is 9.90 Å². The summed E-state index contributed by atoms with van der Waals surface area (Å²) in [4.78, 5) is 12.1. The number of aliphatic hydroxyl groups is 1. The van der Waals surface area contributed by atoms with Crippen molar-refractivity contribution < 1.29 is 15.0 Å². The Bertz CT molecular complexity index is 441. The predicted molar refractivity (Wildman–Crippen MR) is 75.3 cm³/mol. The summed E-state index contributed by atoms with van der Waals surface area (Å²) in [6.07, 6.45) is 1.60. The summed E-state index contributed by atoms with van der Waals surface area (Å²) in [5.74, 6) is 0.0342. The van der Waals surface area contributed by atoms with Crippen LogP contribution in [0.2, 0.25) is 0 Å². The lowest BCUT2D eigenvalue weighted by atomic mass is 9.88. The van der Waals surface area contributed by atoms with Gasteiger partial charge in [0.25, 0.3) is 5.91 Å². The van der Waals surface area contributed by atoms with Crippen molar-refractivity contribution in [2.45, 2.75) is 33.6 Å². The first-order valence-electron chi connectivity index (χ1n) is 6.54. The molecule has 1 aromatic rings. The van der Waals surface area contributed by atoms with Gasteiger partial charge in [0.2, 0.25) is 0 Å². The molecule has 0 atom stereocenters. The Morgan fingerprint density at radius 3 is 2.63 bits per heavy atom. The van der Waals surface area contributed by atoms with Crippen LogP contribution in [-0.2, 0) is 0 Å². The standard InChI is InChI=1S/C15H23NO3/c1-11-9-12(18)5-6-13(11)14(19)16-10-15(2,3)7-4-8-17/h5-6,9,17-18H,4,7-8,10H2,1-3H3,(H,16,19). The van der Waals surface area contributed by atoms with Gasteiger partial charge in [-0.25, -0.2) is 0 Å². The van der Waals surface area contributed by atoms with Gasteiger partial charge in [0, 0.05) is 18.7 Å². The van der Waals surface area contributed by atoms with E-state index in [1.807, 2.05) is 0 Å². The second-order valence-corrected chi connectivity index (χ2v) is 5.67. The number of aryl methyl sites for hydroxylation is 1. The lowest BCUT2D eigenvalue weighted by molar-refractivity contribution is 0.0932. The van der Waals surface area contributed by atoms with E-state index >= 15 is 0 Å². The summed E-state index contributed by atoms with van der Waals surface area (Å²) >= 11 is 0. The number of benzene rings is 1. The van der Waals surface area contributed by atoms with E-state index in [1.54, 1.807) is 19.1 Å². The molecular formula is C15H23NO3. The Morgan fingerprint density at radius 2 is 2.05 bits per heavy atom. The minimum Gasteiger partial charge on any atom is -0.508 e. The number of amides is 1. The van der Waals surface area contributed by atoms with Gasteiger partial charge < -0.3 is 15.5 Å². The number of hydrogen-bond acceptors (Lipinski definition) is 3. The maximum absolute atomic E-state index is 12.1. The lowest BCUT2D eigenvalue weighted by Gasteiger charge is -2.24. The van der Waals surface area contributed by atoms with Crippen molar-refractivity contribution >= 4 is 5.91 Å². The summed E-state index contributed by atoms with van der Waals surface area (Å²) in [6.45, 7) is 6.66. The first-order valence-corrected chi connectivity index (χ1v) is 6.54. The molecule has 106 valence electrons. The minimum absolute atomic E-state index is 0.0385. The smallest absolute Gasteiger partial charge is 0.251 e. The Balaban J connectivity index is 2.60. The van der Waals surface area contributed by atoms with Crippen molar-refractivity contribution in [3.05, 3.63) is 29.3 Å². The first kappa shape index (κ1) is 15.5. The number of aliphatic hydroxyl groups excluding tert-OH is 1. The monoisotopic (exact) mass is 265 g/mol. The molecule has 0 aliphatic carbocycles. The molecule has 4 heteroatoms.